The van der Waals surface area contributed by atoms with Crippen molar-refractivity contribution in [2.24, 2.45) is 11.8 Å². The Kier molecular flexibility index (Phi) is 4.90. The van der Waals surface area contributed by atoms with Gasteiger partial charge in [-0.25, -0.2) is 4.79 Å². The van der Waals surface area contributed by atoms with Crippen LogP contribution in [-0.4, -0.2) is 28.7 Å². The van der Waals surface area contributed by atoms with Crippen LogP contribution >= 0.6 is 11.6 Å². The highest BCUT2D eigenvalue weighted by Gasteiger charge is 2.51. The van der Waals surface area contributed by atoms with Gasteiger partial charge in [0.25, 0.3) is 0 Å². The zero-order chi connectivity index (χ0) is 17.3. The topological polar surface area (TPSA) is 63.7 Å². The SMILES string of the molecule is C[C@@H](C(=O)OCc1ccccc1Cl)N1C(=O)[C@H]2CCCC[C@@H]2C1=O. The molecule has 0 aromatic heterocycles. The Bertz CT molecular complexity index is 651. The van der Waals surface area contributed by atoms with Crippen molar-refractivity contribution in [2.45, 2.75) is 45.3 Å². The van der Waals surface area contributed by atoms with Crippen LogP contribution in [0.25, 0.3) is 0 Å². The van der Waals surface area contributed by atoms with Gasteiger partial charge in [0.15, 0.2) is 0 Å². The van der Waals surface area contributed by atoms with Crippen molar-refractivity contribution >= 4 is 29.4 Å². The Morgan fingerprint density at radius 1 is 1.21 bits per heavy atom. The Balaban J connectivity index is 1.66. The number of carbonyl (C=O) groups excluding carboxylic acids is 3. The molecule has 1 aliphatic heterocycles. The second kappa shape index (κ2) is 6.93. The van der Waals surface area contributed by atoms with Crippen LogP contribution in [0, 0.1) is 11.8 Å². The molecule has 2 aliphatic rings. The van der Waals surface area contributed by atoms with Crippen molar-refractivity contribution in [1.82, 2.24) is 4.90 Å². The first-order valence-corrected chi connectivity index (χ1v) is 8.65. The van der Waals surface area contributed by atoms with Crippen molar-refractivity contribution in [2.75, 3.05) is 0 Å². The number of esters is 1. The lowest BCUT2D eigenvalue weighted by molar-refractivity contribution is -0.159. The van der Waals surface area contributed by atoms with Crippen molar-refractivity contribution in [3.05, 3.63) is 34.9 Å². The van der Waals surface area contributed by atoms with Crippen LogP contribution in [0.3, 0.4) is 0 Å². The van der Waals surface area contributed by atoms with Crippen LogP contribution in [-0.2, 0) is 25.7 Å². The van der Waals surface area contributed by atoms with Crippen molar-refractivity contribution < 1.29 is 19.1 Å². The summed E-state index contributed by atoms with van der Waals surface area (Å²) in [5.74, 6) is -1.57. The molecule has 1 aliphatic carbocycles. The average Bonchev–Trinajstić information content (AvgIpc) is 2.85. The number of fused-ring (bicyclic) bond motifs is 1. The Labute approximate surface area is 145 Å². The highest BCUT2D eigenvalue weighted by atomic mass is 35.5. The van der Waals surface area contributed by atoms with Gasteiger partial charge in [-0.15, -0.1) is 0 Å². The third kappa shape index (κ3) is 3.05. The number of amides is 2. The number of hydrogen-bond acceptors (Lipinski definition) is 4. The predicted octanol–water partition coefficient (Wildman–Crippen LogP) is 2.95. The molecular weight excluding hydrogens is 330 g/mol. The van der Waals surface area contributed by atoms with Crippen molar-refractivity contribution in [3.63, 3.8) is 0 Å². The van der Waals surface area contributed by atoms with E-state index >= 15 is 0 Å². The van der Waals surface area contributed by atoms with Crippen LogP contribution in [0.1, 0.15) is 38.2 Å². The molecule has 0 unspecified atom stereocenters. The molecule has 6 heteroatoms. The zero-order valence-electron chi connectivity index (χ0n) is 13.5. The zero-order valence-corrected chi connectivity index (χ0v) is 14.3. The summed E-state index contributed by atoms with van der Waals surface area (Å²) in [7, 11) is 0. The molecule has 0 spiro atoms. The number of imide groups is 1. The molecule has 3 atom stereocenters. The van der Waals surface area contributed by atoms with Gasteiger partial charge in [-0.1, -0.05) is 42.6 Å². The van der Waals surface area contributed by atoms with E-state index in [9.17, 15) is 14.4 Å². The van der Waals surface area contributed by atoms with Gasteiger partial charge < -0.3 is 4.74 Å². The van der Waals surface area contributed by atoms with Crippen LogP contribution in [0.5, 0.6) is 0 Å². The van der Waals surface area contributed by atoms with E-state index in [0.29, 0.717) is 10.6 Å². The minimum absolute atomic E-state index is 0.0198. The van der Waals surface area contributed by atoms with Crippen molar-refractivity contribution in [1.29, 1.82) is 0 Å². The molecule has 0 bridgehead atoms. The maximum atomic E-state index is 12.5. The summed E-state index contributed by atoms with van der Waals surface area (Å²) in [6.07, 6.45) is 3.37. The summed E-state index contributed by atoms with van der Waals surface area (Å²) in [4.78, 5) is 38.4. The third-order valence-corrected chi connectivity index (χ3v) is 5.30. The van der Waals surface area contributed by atoms with E-state index in [0.717, 1.165) is 30.6 Å². The van der Waals surface area contributed by atoms with Gasteiger partial charge >= 0.3 is 5.97 Å². The molecule has 3 rings (SSSR count). The first-order chi connectivity index (χ1) is 11.5. The lowest BCUT2D eigenvalue weighted by Gasteiger charge is -2.21. The fourth-order valence-electron chi connectivity index (χ4n) is 3.56. The Morgan fingerprint density at radius 2 is 1.79 bits per heavy atom. The number of benzene rings is 1. The molecular formula is C18H20ClNO4. The Morgan fingerprint density at radius 3 is 2.38 bits per heavy atom. The van der Waals surface area contributed by atoms with Gasteiger partial charge in [0.2, 0.25) is 11.8 Å². The van der Waals surface area contributed by atoms with E-state index in [2.05, 4.69) is 0 Å². The standard InChI is InChI=1S/C18H20ClNO4/c1-11(18(23)24-10-12-6-2-5-9-15(12)19)20-16(21)13-7-3-4-8-14(13)17(20)22/h2,5-6,9,11,13-14H,3-4,7-8,10H2,1H3/t11-,13-,14-/m0/s1. The monoisotopic (exact) mass is 349 g/mol. The molecule has 1 heterocycles. The van der Waals surface area contributed by atoms with Gasteiger partial charge in [0.1, 0.15) is 12.6 Å². The van der Waals surface area contributed by atoms with E-state index in [4.69, 9.17) is 16.3 Å². The predicted molar refractivity (Wildman–Crippen MR) is 88.0 cm³/mol. The molecule has 0 N–H and O–H groups in total. The normalized spacial score (nSPS) is 24.7. The summed E-state index contributed by atoms with van der Waals surface area (Å²) in [5, 5.41) is 0.511. The second-order valence-electron chi connectivity index (χ2n) is 6.42. The number of ether oxygens (including phenoxy) is 1. The minimum atomic E-state index is -0.905. The molecule has 24 heavy (non-hydrogen) atoms. The van der Waals surface area contributed by atoms with Crippen LogP contribution in [0.4, 0.5) is 0 Å². The van der Waals surface area contributed by atoms with Gasteiger partial charge in [0.05, 0.1) is 11.8 Å². The number of carbonyl (C=O) groups is 3. The molecule has 128 valence electrons. The molecule has 1 aromatic carbocycles. The highest BCUT2D eigenvalue weighted by molar-refractivity contribution is 6.31. The summed E-state index contributed by atoms with van der Waals surface area (Å²) in [6, 6.07) is 6.17. The Hall–Kier alpha value is -1.88. The highest BCUT2D eigenvalue weighted by Crippen LogP contribution is 2.38. The maximum absolute atomic E-state index is 12.5. The quantitative estimate of drug-likeness (QED) is 0.619. The smallest absolute Gasteiger partial charge is 0.329 e. The van der Waals surface area contributed by atoms with Crippen molar-refractivity contribution in [3.8, 4) is 0 Å². The van der Waals surface area contributed by atoms with Gasteiger partial charge in [-0.3, -0.25) is 14.5 Å². The first-order valence-electron chi connectivity index (χ1n) is 8.27. The molecule has 1 saturated heterocycles. The molecule has 2 amide bonds. The summed E-state index contributed by atoms with van der Waals surface area (Å²) < 4.78 is 5.26. The largest absolute Gasteiger partial charge is 0.459 e. The first kappa shape index (κ1) is 17.0. The fourth-order valence-corrected chi connectivity index (χ4v) is 3.75. The lowest BCUT2D eigenvalue weighted by atomic mass is 9.81. The van der Waals surface area contributed by atoms with Crippen LogP contribution in [0.15, 0.2) is 24.3 Å². The number of nitrogens with zero attached hydrogens (tertiary/aromatic N) is 1. The average molecular weight is 350 g/mol. The third-order valence-electron chi connectivity index (χ3n) is 4.93. The van der Waals surface area contributed by atoms with Gasteiger partial charge in [0, 0.05) is 10.6 Å². The van der Waals surface area contributed by atoms with E-state index in [1.807, 2.05) is 0 Å². The lowest BCUT2D eigenvalue weighted by Crippen LogP contribution is -2.44. The number of halogens is 1. The summed E-state index contributed by atoms with van der Waals surface area (Å²) in [6.45, 7) is 1.56. The fraction of sp³-hybridized carbons (Fsp3) is 0.500. The number of likely N-dealkylation sites (tertiary alicyclic amines) is 1. The molecule has 0 radical (unpaired) electrons. The number of hydrogen-bond donors (Lipinski definition) is 0. The molecule has 2 fully saturated rings. The summed E-state index contributed by atoms with van der Waals surface area (Å²) >= 11 is 6.03. The second-order valence-corrected chi connectivity index (χ2v) is 6.83. The van der Waals surface area contributed by atoms with Crippen LogP contribution < -0.4 is 0 Å². The molecule has 1 aromatic rings. The molecule has 1 saturated carbocycles. The number of rotatable bonds is 4. The van der Waals surface area contributed by atoms with E-state index in [1.54, 1.807) is 31.2 Å². The van der Waals surface area contributed by atoms with Gasteiger partial charge in [-0.2, -0.15) is 0 Å². The van der Waals surface area contributed by atoms with E-state index in [-0.39, 0.29) is 30.3 Å². The summed E-state index contributed by atoms with van der Waals surface area (Å²) in [5.41, 5.74) is 0.687. The van der Waals surface area contributed by atoms with Gasteiger partial charge in [-0.05, 0) is 25.8 Å². The van der Waals surface area contributed by atoms with Crippen LogP contribution in [0.2, 0.25) is 5.02 Å². The van der Waals surface area contributed by atoms with E-state index < -0.39 is 12.0 Å². The molecule has 5 nitrogen and oxygen atoms in total. The minimum Gasteiger partial charge on any atom is -0.459 e. The van der Waals surface area contributed by atoms with E-state index in [1.165, 1.54) is 0 Å². The maximum Gasteiger partial charge on any atom is 0.329 e.